The minimum absolute atomic E-state index is 0.115. The number of nitro groups is 1. The van der Waals surface area contributed by atoms with Crippen LogP contribution in [0, 0.1) is 24.0 Å². The molecule has 0 aliphatic carbocycles. The maximum Gasteiger partial charge on any atom is 0.269 e. The number of hydrogen-bond donors (Lipinski definition) is 0. The Morgan fingerprint density at radius 2 is 1.65 bits per heavy atom. The summed E-state index contributed by atoms with van der Waals surface area (Å²) in [4.78, 5) is 12.5. The van der Waals surface area contributed by atoms with Gasteiger partial charge in [-0.2, -0.15) is 0 Å². The topological polar surface area (TPSA) is 48.1 Å². The van der Waals surface area contributed by atoms with Crippen molar-refractivity contribution < 1.29 is 4.92 Å². The lowest BCUT2D eigenvalue weighted by Gasteiger charge is -2.09. The van der Waals surface area contributed by atoms with Gasteiger partial charge in [-0.05, 0) is 44.2 Å². The van der Waals surface area contributed by atoms with E-state index in [0.29, 0.717) is 0 Å². The van der Waals surface area contributed by atoms with E-state index in [1.165, 1.54) is 0 Å². The van der Waals surface area contributed by atoms with Crippen LogP contribution < -0.4 is 0 Å². The molecule has 4 nitrogen and oxygen atoms in total. The van der Waals surface area contributed by atoms with Crippen molar-refractivity contribution in [2.75, 3.05) is 0 Å². The molecule has 0 aliphatic rings. The van der Waals surface area contributed by atoms with Crippen LogP contribution in [-0.2, 0) is 0 Å². The fraction of sp³-hybridized carbons (Fsp3) is 0.111. The largest absolute Gasteiger partial charge is 0.317 e. The van der Waals surface area contributed by atoms with Crippen molar-refractivity contribution in [1.82, 2.24) is 4.57 Å². The Morgan fingerprint density at radius 3 is 2.26 bits per heavy atom. The van der Waals surface area contributed by atoms with Gasteiger partial charge in [-0.1, -0.05) is 30.0 Å². The molecule has 0 N–H and O–H groups in total. The third-order valence-corrected chi connectivity index (χ3v) is 4.82. The number of aromatic nitrogens is 1. The van der Waals surface area contributed by atoms with Crippen molar-refractivity contribution in [2.24, 2.45) is 0 Å². The minimum atomic E-state index is -0.379. The highest BCUT2D eigenvalue weighted by molar-refractivity contribution is 7.99. The minimum Gasteiger partial charge on any atom is -0.317 e. The van der Waals surface area contributed by atoms with Gasteiger partial charge >= 0.3 is 0 Å². The van der Waals surface area contributed by atoms with Crippen molar-refractivity contribution in [2.45, 2.75) is 23.6 Å². The molecule has 2 aromatic carbocycles. The van der Waals surface area contributed by atoms with E-state index in [4.69, 9.17) is 0 Å². The first-order valence-electron chi connectivity index (χ1n) is 7.23. The predicted molar refractivity (Wildman–Crippen MR) is 92.5 cm³/mol. The van der Waals surface area contributed by atoms with Crippen molar-refractivity contribution >= 4 is 17.4 Å². The Bertz CT molecular complexity index is 839. The standard InChI is InChI=1S/C18H16N2O2S/c1-13-12-18(14(2)19(13)15-6-4-3-5-7-15)23-17-10-8-16(9-11-17)20(21)22/h3-12H,1-2H3. The highest BCUT2D eigenvalue weighted by atomic mass is 32.2. The summed E-state index contributed by atoms with van der Waals surface area (Å²) in [5.41, 5.74) is 3.58. The summed E-state index contributed by atoms with van der Waals surface area (Å²) in [7, 11) is 0. The predicted octanol–water partition coefficient (Wildman–Crippen LogP) is 5.15. The highest BCUT2D eigenvalue weighted by Crippen LogP contribution is 2.34. The summed E-state index contributed by atoms with van der Waals surface area (Å²) in [6, 6.07) is 19.0. The molecule has 1 heterocycles. The van der Waals surface area contributed by atoms with Crippen molar-refractivity contribution in [3.05, 3.63) is 82.2 Å². The van der Waals surface area contributed by atoms with E-state index in [0.717, 1.165) is 26.9 Å². The van der Waals surface area contributed by atoms with E-state index in [1.807, 2.05) is 18.2 Å². The van der Waals surface area contributed by atoms with Crippen LogP contribution in [0.2, 0.25) is 0 Å². The van der Waals surface area contributed by atoms with Crippen LogP contribution in [0.1, 0.15) is 11.4 Å². The smallest absolute Gasteiger partial charge is 0.269 e. The quantitative estimate of drug-likeness (QED) is 0.492. The Balaban J connectivity index is 1.91. The maximum atomic E-state index is 10.7. The lowest BCUT2D eigenvalue weighted by molar-refractivity contribution is -0.384. The van der Waals surface area contributed by atoms with E-state index in [-0.39, 0.29) is 10.6 Å². The van der Waals surface area contributed by atoms with Crippen molar-refractivity contribution in [1.29, 1.82) is 0 Å². The second-order valence-corrected chi connectivity index (χ2v) is 6.37. The first-order valence-corrected chi connectivity index (χ1v) is 8.04. The molecular weight excluding hydrogens is 308 g/mol. The summed E-state index contributed by atoms with van der Waals surface area (Å²) in [5, 5.41) is 10.7. The zero-order chi connectivity index (χ0) is 16.4. The summed E-state index contributed by atoms with van der Waals surface area (Å²) < 4.78 is 2.22. The zero-order valence-corrected chi connectivity index (χ0v) is 13.7. The Labute approximate surface area is 138 Å². The Morgan fingerprint density at radius 1 is 1.00 bits per heavy atom. The lowest BCUT2D eigenvalue weighted by atomic mass is 10.3. The third-order valence-electron chi connectivity index (χ3n) is 3.67. The molecule has 0 radical (unpaired) electrons. The van der Waals surface area contributed by atoms with E-state index in [2.05, 4.69) is 36.6 Å². The van der Waals surface area contributed by atoms with Gasteiger partial charge in [-0.3, -0.25) is 10.1 Å². The average Bonchev–Trinajstić information content (AvgIpc) is 2.82. The van der Waals surface area contributed by atoms with Gasteiger partial charge in [0, 0.05) is 39.0 Å². The number of non-ortho nitro benzene ring substituents is 1. The summed E-state index contributed by atoms with van der Waals surface area (Å²) in [6.45, 7) is 4.17. The zero-order valence-electron chi connectivity index (χ0n) is 12.9. The van der Waals surface area contributed by atoms with Gasteiger partial charge in [0.05, 0.1) is 4.92 Å². The van der Waals surface area contributed by atoms with E-state index in [9.17, 15) is 10.1 Å². The van der Waals surface area contributed by atoms with Gasteiger partial charge in [-0.15, -0.1) is 0 Å². The number of hydrogen-bond acceptors (Lipinski definition) is 3. The molecule has 0 saturated heterocycles. The highest BCUT2D eigenvalue weighted by Gasteiger charge is 2.12. The third kappa shape index (κ3) is 3.14. The molecule has 3 aromatic rings. The number of nitrogens with zero attached hydrogens (tertiary/aromatic N) is 2. The number of aryl methyl sites for hydroxylation is 1. The first kappa shape index (κ1) is 15.4. The molecule has 0 amide bonds. The fourth-order valence-corrected chi connectivity index (χ4v) is 3.57. The number of benzene rings is 2. The van der Waals surface area contributed by atoms with Gasteiger partial charge in [-0.25, -0.2) is 0 Å². The Kier molecular flexibility index (Phi) is 4.21. The summed E-state index contributed by atoms with van der Waals surface area (Å²) in [6.07, 6.45) is 0. The van der Waals surface area contributed by atoms with E-state index >= 15 is 0 Å². The lowest BCUT2D eigenvalue weighted by Crippen LogP contribution is -1.98. The van der Waals surface area contributed by atoms with Crippen molar-refractivity contribution in [3.63, 3.8) is 0 Å². The molecular formula is C18H16N2O2S. The second-order valence-electron chi connectivity index (χ2n) is 5.26. The first-order chi connectivity index (χ1) is 11.1. The van der Waals surface area contributed by atoms with Crippen LogP contribution in [0.25, 0.3) is 5.69 Å². The molecule has 5 heteroatoms. The Hall–Kier alpha value is -2.53. The molecule has 0 spiro atoms. The maximum absolute atomic E-state index is 10.7. The SMILES string of the molecule is Cc1cc(Sc2ccc([N+](=O)[O-])cc2)c(C)n1-c1ccccc1. The van der Waals surface area contributed by atoms with Gasteiger partial charge < -0.3 is 4.57 Å². The fourth-order valence-electron chi connectivity index (χ4n) is 2.57. The molecule has 0 fully saturated rings. The van der Waals surface area contributed by atoms with Gasteiger partial charge in [0.1, 0.15) is 0 Å². The van der Waals surface area contributed by atoms with Gasteiger partial charge in [0.15, 0.2) is 0 Å². The monoisotopic (exact) mass is 324 g/mol. The van der Waals surface area contributed by atoms with E-state index < -0.39 is 0 Å². The molecule has 0 unspecified atom stereocenters. The molecule has 0 bridgehead atoms. The molecule has 116 valence electrons. The van der Waals surface area contributed by atoms with Gasteiger partial charge in [0.25, 0.3) is 5.69 Å². The van der Waals surface area contributed by atoms with Gasteiger partial charge in [0.2, 0.25) is 0 Å². The number of para-hydroxylation sites is 1. The van der Waals surface area contributed by atoms with Crippen LogP contribution in [-0.4, -0.2) is 9.49 Å². The van der Waals surface area contributed by atoms with Crippen LogP contribution in [0.4, 0.5) is 5.69 Å². The average molecular weight is 324 g/mol. The van der Waals surface area contributed by atoms with E-state index in [1.54, 1.807) is 36.0 Å². The normalized spacial score (nSPS) is 10.7. The number of rotatable bonds is 4. The van der Waals surface area contributed by atoms with Crippen LogP contribution in [0.3, 0.4) is 0 Å². The molecule has 3 rings (SSSR count). The molecule has 0 atom stereocenters. The molecule has 0 aliphatic heterocycles. The summed E-state index contributed by atoms with van der Waals surface area (Å²) in [5.74, 6) is 0. The molecule has 0 saturated carbocycles. The van der Waals surface area contributed by atoms with Crippen molar-refractivity contribution in [3.8, 4) is 5.69 Å². The second kappa shape index (κ2) is 6.30. The van der Waals surface area contributed by atoms with Crippen LogP contribution in [0.5, 0.6) is 0 Å². The number of nitro benzene ring substituents is 1. The molecule has 1 aromatic heterocycles. The molecule has 23 heavy (non-hydrogen) atoms. The van der Waals surface area contributed by atoms with Crippen LogP contribution in [0.15, 0.2) is 70.5 Å². The summed E-state index contributed by atoms with van der Waals surface area (Å²) >= 11 is 1.62. The van der Waals surface area contributed by atoms with Crippen LogP contribution >= 0.6 is 11.8 Å².